The first-order chi connectivity index (χ1) is 5.11. The van der Waals surface area contributed by atoms with Crippen LogP contribution >= 0.6 is 0 Å². The second kappa shape index (κ2) is 4.60. The molecule has 0 aromatic rings. The molecule has 0 heterocycles. The lowest BCUT2D eigenvalue weighted by atomic mass is 10.3. The molecule has 1 nitrogen and oxygen atoms in total. The maximum atomic E-state index is 12.2. The summed E-state index contributed by atoms with van der Waals surface area (Å²) in [7, 11) is 0. The van der Waals surface area contributed by atoms with Gasteiger partial charge in [-0.2, -0.15) is 0 Å². The van der Waals surface area contributed by atoms with Crippen LogP contribution in [0, 0.1) is 0 Å². The van der Waals surface area contributed by atoms with Crippen molar-refractivity contribution in [3.05, 3.63) is 35.9 Å². The fraction of sp³-hybridized carbons (Fsp3) is 0.143. The molecule has 0 unspecified atom stereocenters. The highest BCUT2D eigenvalue weighted by Gasteiger charge is 2.02. The molecule has 11 heavy (non-hydrogen) atoms. The largest absolute Gasteiger partial charge is 0.508 e. The van der Waals surface area contributed by atoms with Crippen LogP contribution in [0.25, 0.3) is 0 Å². The van der Waals surface area contributed by atoms with Gasteiger partial charge in [-0.25, -0.2) is 13.2 Å². The lowest BCUT2D eigenvalue weighted by Crippen LogP contribution is -1.78. The maximum Gasteiger partial charge on any atom is 0.187 e. The smallest absolute Gasteiger partial charge is 0.187 e. The van der Waals surface area contributed by atoms with Gasteiger partial charge in [-0.05, 0) is 13.0 Å². The predicted molar refractivity (Wildman–Crippen MR) is 35.9 cm³/mol. The minimum Gasteiger partial charge on any atom is -0.508 e. The Morgan fingerprint density at radius 3 is 2.18 bits per heavy atom. The van der Waals surface area contributed by atoms with Crippen LogP contribution in [0.2, 0.25) is 0 Å². The number of halogens is 3. The molecule has 0 aliphatic heterocycles. The molecule has 0 aliphatic carbocycles. The monoisotopic (exact) mass is 164 g/mol. The first-order valence-corrected chi connectivity index (χ1v) is 2.80. The summed E-state index contributed by atoms with van der Waals surface area (Å²) < 4.78 is 35.4. The molecule has 0 aromatic carbocycles. The van der Waals surface area contributed by atoms with Crippen LogP contribution in [0.4, 0.5) is 13.2 Å². The highest BCUT2D eigenvalue weighted by Crippen LogP contribution is 2.14. The van der Waals surface area contributed by atoms with Crippen molar-refractivity contribution in [3.63, 3.8) is 0 Å². The summed E-state index contributed by atoms with van der Waals surface area (Å²) in [6.45, 7) is 1.43. The van der Waals surface area contributed by atoms with Crippen LogP contribution in [0.5, 0.6) is 0 Å². The Bertz CT molecular complexity index is 216. The Morgan fingerprint density at radius 1 is 1.27 bits per heavy atom. The summed E-state index contributed by atoms with van der Waals surface area (Å²) in [5.74, 6) is -3.54. The van der Waals surface area contributed by atoms with E-state index in [2.05, 4.69) is 0 Å². The van der Waals surface area contributed by atoms with Crippen molar-refractivity contribution in [2.45, 2.75) is 6.92 Å². The summed E-state index contributed by atoms with van der Waals surface area (Å²) in [6.07, 6.45) is 1.10. The number of rotatable bonds is 2. The number of hydrogen-bond donors (Lipinski definition) is 1. The normalized spacial score (nSPS) is 15.5. The molecule has 0 rings (SSSR count). The van der Waals surface area contributed by atoms with E-state index in [9.17, 15) is 13.2 Å². The number of aliphatic hydroxyl groups excluding tert-OH is 1. The van der Waals surface area contributed by atoms with Gasteiger partial charge in [-0.3, -0.25) is 0 Å². The van der Waals surface area contributed by atoms with Crippen LogP contribution in [-0.2, 0) is 0 Å². The molecule has 4 heteroatoms. The van der Waals surface area contributed by atoms with Crippen LogP contribution in [0.3, 0.4) is 0 Å². The molecular formula is C7H7F3O. The van der Waals surface area contributed by atoms with E-state index in [1.165, 1.54) is 6.92 Å². The molecule has 0 fully saturated rings. The Labute approximate surface area is 62.2 Å². The molecular weight excluding hydrogens is 157 g/mol. The van der Waals surface area contributed by atoms with E-state index in [-0.39, 0.29) is 0 Å². The van der Waals surface area contributed by atoms with Crippen LogP contribution in [0.15, 0.2) is 35.9 Å². The minimum absolute atomic E-state index is 0.459. The van der Waals surface area contributed by atoms with Gasteiger partial charge in [-0.1, -0.05) is 0 Å². The zero-order chi connectivity index (χ0) is 8.85. The summed E-state index contributed by atoms with van der Waals surface area (Å²) in [4.78, 5) is 0. The van der Waals surface area contributed by atoms with E-state index in [0.29, 0.717) is 6.08 Å². The zero-order valence-electron chi connectivity index (χ0n) is 5.81. The van der Waals surface area contributed by atoms with E-state index in [4.69, 9.17) is 5.11 Å². The van der Waals surface area contributed by atoms with Crippen molar-refractivity contribution in [3.8, 4) is 0 Å². The Hall–Kier alpha value is -1.19. The van der Waals surface area contributed by atoms with Gasteiger partial charge >= 0.3 is 0 Å². The maximum absolute atomic E-state index is 12.2. The standard InChI is InChI=1S/C7H7F3O/c1-2-5(11)3-6(9)7(10)4-8/h2-4,11H,1H3/b5-2+,6-3+,7-4-. The Balaban J connectivity index is 4.47. The fourth-order valence-electron chi connectivity index (χ4n) is 0.334. The average molecular weight is 164 g/mol. The molecule has 0 radical (unpaired) electrons. The number of allylic oxidation sites excluding steroid dienone is 4. The third-order valence-corrected chi connectivity index (χ3v) is 0.894. The number of aliphatic hydroxyl groups is 1. The van der Waals surface area contributed by atoms with Gasteiger partial charge in [-0.15, -0.1) is 0 Å². The molecule has 0 saturated heterocycles. The first-order valence-electron chi connectivity index (χ1n) is 2.80. The topological polar surface area (TPSA) is 20.2 Å². The molecule has 0 saturated carbocycles. The lowest BCUT2D eigenvalue weighted by Gasteiger charge is -1.90. The zero-order valence-corrected chi connectivity index (χ0v) is 5.81. The molecule has 0 spiro atoms. The Kier molecular flexibility index (Phi) is 4.10. The quantitative estimate of drug-likeness (QED) is 0.491. The van der Waals surface area contributed by atoms with E-state index >= 15 is 0 Å². The van der Waals surface area contributed by atoms with Gasteiger partial charge in [0.05, 0.1) is 0 Å². The number of hydrogen-bond acceptors (Lipinski definition) is 1. The summed E-state index contributed by atoms with van der Waals surface area (Å²) in [5.41, 5.74) is 0. The fourth-order valence-corrected chi connectivity index (χ4v) is 0.334. The Morgan fingerprint density at radius 2 is 1.82 bits per heavy atom. The van der Waals surface area contributed by atoms with Crippen LogP contribution in [-0.4, -0.2) is 5.11 Å². The van der Waals surface area contributed by atoms with Gasteiger partial charge in [0.25, 0.3) is 0 Å². The van der Waals surface area contributed by atoms with E-state index in [0.717, 1.165) is 6.08 Å². The molecule has 0 atom stereocenters. The van der Waals surface area contributed by atoms with Crippen molar-refractivity contribution < 1.29 is 18.3 Å². The molecule has 0 aromatic heterocycles. The second-order valence-electron chi connectivity index (χ2n) is 1.66. The van der Waals surface area contributed by atoms with Gasteiger partial charge in [0.2, 0.25) is 0 Å². The van der Waals surface area contributed by atoms with Gasteiger partial charge in [0.15, 0.2) is 11.7 Å². The minimum atomic E-state index is -1.64. The lowest BCUT2D eigenvalue weighted by molar-refractivity contribution is 0.424. The van der Waals surface area contributed by atoms with Crippen molar-refractivity contribution in [2.24, 2.45) is 0 Å². The van der Waals surface area contributed by atoms with E-state index in [1.807, 2.05) is 0 Å². The predicted octanol–water partition coefficient (Wildman–Crippen LogP) is 3.08. The summed E-state index contributed by atoms with van der Waals surface area (Å²) in [5, 5.41) is 8.60. The van der Waals surface area contributed by atoms with Gasteiger partial charge in [0, 0.05) is 6.08 Å². The molecule has 0 amide bonds. The van der Waals surface area contributed by atoms with Crippen molar-refractivity contribution in [1.29, 1.82) is 0 Å². The summed E-state index contributed by atoms with van der Waals surface area (Å²) in [6, 6.07) is 0. The molecule has 62 valence electrons. The molecule has 0 bridgehead atoms. The van der Waals surface area contributed by atoms with E-state index < -0.39 is 23.7 Å². The summed E-state index contributed by atoms with van der Waals surface area (Å²) >= 11 is 0. The highest BCUT2D eigenvalue weighted by molar-refractivity contribution is 5.24. The second-order valence-corrected chi connectivity index (χ2v) is 1.66. The third-order valence-electron chi connectivity index (χ3n) is 0.894. The van der Waals surface area contributed by atoms with E-state index in [1.54, 1.807) is 0 Å². The highest BCUT2D eigenvalue weighted by atomic mass is 19.2. The molecule has 0 aliphatic rings. The van der Waals surface area contributed by atoms with Crippen molar-refractivity contribution in [2.75, 3.05) is 0 Å². The van der Waals surface area contributed by atoms with Gasteiger partial charge in [0.1, 0.15) is 12.1 Å². The molecule has 1 N–H and O–H groups in total. The van der Waals surface area contributed by atoms with Crippen LogP contribution in [0.1, 0.15) is 6.92 Å². The van der Waals surface area contributed by atoms with Crippen molar-refractivity contribution >= 4 is 0 Å². The van der Waals surface area contributed by atoms with Crippen LogP contribution < -0.4 is 0 Å². The first kappa shape index (κ1) is 9.81. The third kappa shape index (κ3) is 3.50. The van der Waals surface area contributed by atoms with Gasteiger partial charge < -0.3 is 5.11 Å². The SMILES string of the molecule is C\C=C(O)/C=C(F)\C(F)=C\F. The van der Waals surface area contributed by atoms with Crippen molar-refractivity contribution in [1.82, 2.24) is 0 Å². The average Bonchev–Trinajstić information content (AvgIpc) is 2.02.